The number of fused-ring (bicyclic) bond motifs is 1. The Morgan fingerprint density at radius 2 is 2.14 bits per heavy atom. The van der Waals surface area contributed by atoms with E-state index < -0.39 is 0 Å². The summed E-state index contributed by atoms with van der Waals surface area (Å²) < 4.78 is 19.9. The van der Waals surface area contributed by atoms with Crippen LogP contribution < -0.4 is 20.7 Å². The summed E-state index contributed by atoms with van der Waals surface area (Å²) in [5.41, 5.74) is 2.18. The first-order chi connectivity index (χ1) is 18.0. The van der Waals surface area contributed by atoms with E-state index in [1.165, 1.54) is 17.8 Å². The Morgan fingerprint density at radius 3 is 3.00 bits per heavy atom. The number of nitrogens with one attached hydrogen (secondary N) is 3. The van der Waals surface area contributed by atoms with Crippen molar-refractivity contribution in [3.63, 3.8) is 0 Å². The highest BCUT2D eigenvalue weighted by Crippen LogP contribution is 2.31. The Balaban J connectivity index is 1.19. The molecule has 0 radical (unpaired) electrons. The molecule has 2 amide bonds. The van der Waals surface area contributed by atoms with Gasteiger partial charge in [0.1, 0.15) is 17.2 Å². The molecule has 1 fully saturated rings. The van der Waals surface area contributed by atoms with E-state index in [2.05, 4.69) is 30.9 Å². The summed E-state index contributed by atoms with van der Waals surface area (Å²) in [6, 6.07) is 5.44. The molecule has 11 heteroatoms. The van der Waals surface area contributed by atoms with Crippen molar-refractivity contribution in [1.29, 1.82) is 0 Å². The van der Waals surface area contributed by atoms with Crippen molar-refractivity contribution in [2.24, 2.45) is 10.9 Å². The van der Waals surface area contributed by atoms with Crippen LogP contribution in [0.5, 0.6) is 5.88 Å². The van der Waals surface area contributed by atoms with E-state index in [0.717, 1.165) is 37.0 Å². The maximum absolute atomic E-state index is 14.7. The number of ether oxygens (including phenoxy) is 1. The van der Waals surface area contributed by atoms with Gasteiger partial charge in [0.05, 0.1) is 29.8 Å². The summed E-state index contributed by atoms with van der Waals surface area (Å²) in [5.74, 6) is 0.592. The maximum atomic E-state index is 14.7. The van der Waals surface area contributed by atoms with Crippen LogP contribution in [-0.2, 0) is 9.59 Å². The van der Waals surface area contributed by atoms with Gasteiger partial charge in [0.2, 0.25) is 17.7 Å². The van der Waals surface area contributed by atoms with E-state index in [-0.39, 0.29) is 36.1 Å². The Morgan fingerprint density at radius 1 is 1.24 bits per heavy atom. The number of methoxy groups -OCH3 is 1. The molecule has 5 rings (SSSR count). The van der Waals surface area contributed by atoms with Crippen molar-refractivity contribution in [2.45, 2.75) is 44.6 Å². The number of rotatable bonds is 6. The van der Waals surface area contributed by atoms with Crippen molar-refractivity contribution < 1.29 is 18.7 Å². The average molecular weight is 525 g/mol. The van der Waals surface area contributed by atoms with Gasteiger partial charge >= 0.3 is 0 Å². The lowest BCUT2D eigenvalue weighted by molar-refractivity contribution is -0.120. The molecular formula is C26H29FN6O3S. The van der Waals surface area contributed by atoms with Crippen molar-refractivity contribution in [1.82, 2.24) is 20.6 Å². The lowest BCUT2D eigenvalue weighted by Gasteiger charge is -2.18. The predicted octanol–water partition coefficient (Wildman–Crippen LogP) is 3.85. The number of anilines is 1. The van der Waals surface area contributed by atoms with Gasteiger partial charge in [-0.2, -0.15) is 0 Å². The topological polar surface area (TPSA) is 118 Å². The zero-order chi connectivity index (χ0) is 25.8. The maximum Gasteiger partial charge on any atom is 0.235 e. The summed E-state index contributed by atoms with van der Waals surface area (Å²) in [5, 5.41) is 9.22. The summed E-state index contributed by atoms with van der Waals surface area (Å²) in [4.78, 5) is 39.0. The van der Waals surface area contributed by atoms with E-state index in [9.17, 15) is 14.0 Å². The molecule has 0 saturated heterocycles. The second-order valence-electron chi connectivity index (χ2n) is 9.28. The lowest BCUT2D eigenvalue weighted by atomic mass is 9.99. The highest BCUT2D eigenvalue weighted by Gasteiger charge is 2.26. The molecule has 1 saturated carbocycles. The van der Waals surface area contributed by atoms with Gasteiger partial charge in [-0.25, -0.2) is 14.4 Å². The van der Waals surface area contributed by atoms with Gasteiger partial charge in [-0.15, -0.1) is 11.8 Å². The Hall–Kier alpha value is -3.31. The molecule has 9 nitrogen and oxygen atoms in total. The van der Waals surface area contributed by atoms with Gasteiger partial charge in [0.15, 0.2) is 0 Å². The third kappa shape index (κ3) is 5.99. The van der Waals surface area contributed by atoms with Crippen molar-refractivity contribution in [3.8, 4) is 5.88 Å². The number of nitrogens with zero attached hydrogens (tertiary/aromatic N) is 3. The molecule has 2 aromatic heterocycles. The second kappa shape index (κ2) is 11.4. The lowest BCUT2D eigenvalue weighted by Crippen LogP contribution is -2.34. The smallest absolute Gasteiger partial charge is 0.235 e. The normalized spacial score (nSPS) is 22.3. The van der Waals surface area contributed by atoms with E-state index >= 15 is 0 Å². The molecule has 194 valence electrons. The van der Waals surface area contributed by atoms with Crippen LogP contribution in [0.15, 0.2) is 52.0 Å². The minimum absolute atomic E-state index is 0.0371. The molecule has 3 aliphatic rings. The number of hydrogen-bond acceptors (Lipinski definition) is 8. The van der Waals surface area contributed by atoms with Crippen LogP contribution in [0.1, 0.15) is 38.5 Å². The van der Waals surface area contributed by atoms with Gasteiger partial charge < -0.3 is 20.7 Å². The number of aromatic nitrogens is 2. The van der Waals surface area contributed by atoms with Crippen molar-refractivity contribution >= 4 is 46.0 Å². The van der Waals surface area contributed by atoms with Gasteiger partial charge in [-0.05, 0) is 43.9 Å². The molecule has 2 aromatic rings. The number of carbonyl (C=O) groups is 2. The molecule has 0 spiro atoms. The Labute approximate surface area is 218 Å². The fraction of sp³-hybridized carbons (Fsp3) is 0.423. The van der Waals surface area contributed by atoms with Crippen molar-refractivity contribution in [2.75, 3.05) is 24.7 Å². The zero-order valence-electron chi connectivity index (χ0n) is 20.6. The molecule has 1 unspecified atom stereocenters. The van der Waals surface area contributed by atoms with Crippen LogP contribution in [0.3, 0.4) is 0 Å². The predicted molar refractivity (Wildman–Crippen MR) is 142 cm³/mol. The van der Waals surface area contributed by atoms with Crippen LogP contribution in [0, 0.1) is 5.92 Å². The van der Waals surface area contributed by atoms with Gasteiger partial charge in [0, 0.05) is 42.1 Å². The summed E-state index contributed by atoms with van der Waals surface area (Å²) in [7, 11) is 1.55. The molecule has 37 heavy (non-hydrogen) atoms. The monoisotopic (exact) mass is 524 g/mol. The minimum atomic E-state index is -0.363. The number of hydrogen-bond donors (Lipinski definition) is 3. The van der Waals surface area contributed by atoms with E-state index in [4.69, 9.17) is 4.74 Å². The first-order valence-corrected chi connectivity index (χ1v) is 13.4. The quantitative estimate of drug-likeness (QED) is 0.492. The minimum Gasteiger partial charge on any atom is -0.481 e. The summed E-state index contributed by atoms with van der Waals surface area (Å²) in [6.45, 7) is 0.262. The molecular weight excluding hydrogens is 495 g/mol. The zero-order valence-corrected chi connectivity index (χ0v) is 21.4. The van der Waals surface area contributed by atoms with Gasteiger partial charge in [-0.1, -0.05) is 6.42 Å². The van der Waals surface area contributed by atoms with E-state index in [1.54, 1.807) is 25.4 Å². The Kier molecular flexibility index (Phi) is 7.80. The number of halogens is 1. The molecule has 3 N–H and O–H groups in total. The highest BCUT2D eigenvalue weighted by atomic mass is 32.2. The van der Waals surface area contributed by atoms with Crippen LogP contribution in [0.2, 0.25) is 0 Å². The van der Waals surface area contributed by atoms with Crippen LogP contribution in [-0.4, -0.2) is 52.9 Å². The van der Waals surface area contributed by atoms with Crippen LogP contribution in [0.4, 0.5) is 10.1 Å². The number of pyridine rings is 2. The number of carbonyl (C=O) groups excluding carboxylic acids is 2. The van der Waals surface area contributed by atoms with Gasteiger partial charge in [0.25, 0.3) is 0 Å². The number of thioether (sulfide) groups is 1. The fourth-order valence-corrected chi connectivity index (χ4v) is 5.59. The molecule has 1 aliphatic carbocycles. The molecule has 2 atom stereocenters. The van der Waals surface area contributed by atoms with E-state index in [0.29, 0.717) is 46.3 Å². The van der Waals surface area contributed by atoms with E-state index in [1.807, 2.05) is 6.07 Å². The summed E-state index contributed by atoms with van der Waals surface area (Å²) >= 11 is 1.40. The summed E-state index contributed by atoms with van der Waals surface area (Å²) in [6.07, 6.45) is 7.66. The van der Waals surface area contributed by atoms with Gasteiger partial charge in [-0.3, -0.25) is 14.6 Å². The number of allylic oxidation sites excluding steroid dienone is 2. The average Bonchev–Trinajstić information content (AvgIpc) is 3.24. The SMILES string of the molecule is COc1ccc2nccc(NC(=O)[C@@H]3CCCC(NCC4=NC5=C(CC=C4F)SCC(=O)N5)CC3)c2n1. The Bertz CT molecular complexity index is 1310. The highest BCUT2D eigenvalue weighted by molar-refractivity contribution is 8.03. The van der Waals surface area contributed by atoms with Crippen LogP contribution in [0.25, 0.3) is 11.0 Å². The third-order valence-corrected chi connectivity index (χ3v) is 7.93. The number of amides is 2. The molecule has 2 aliphatic heterocycles. The number of aliphatic imine (C=N–C) groups is 1. The third-order valence-electron chi connectivity index (χ3n) is 6.81. The second-order valence-corrected chi connectivity index (χ2v) is 10.3. The largest absolute Gasteiger partial charge is 0.481 e. The molecule has 0 bridgehead atoms. The standard InChI is InChI=1S/C26H29FN6O3S/c1-36-23-10-8-18-24(33-23)19(11-12-28-18)31-26(35)15-3-2-4-16(6-5-15)29-13-20-17(27)7-9-21-25(30-20)32-22(34)14-37-21/h7-8,10-12,15-16,29H,2-6,9,13-14H2,1H3,(H,32,34)(H,28,31,35)/t15-,16?/m1/s1. The van der Waals surface area contributed by atoms with Crippen molar-refractivity contribution in [3.05, 3.63) is 47.0 Å². The molecule has 0 aromatic carbocycles. The van der Waals surface area contributed by atoms with Crippen LogP contribution >= 0.6 is 11.8 Å². The first kappa shape index (κ1) is 25.3. The molecule has 4 heterocycles. The fourth-order valence-electron chi connectivity index (χ4n) is 4.78. The first-order valence-electron chi connectivity index (χ1n) is 12.4.